The molecule has 0 aromatic carbocycles. The van der Waals surface area contributed by atoms with Crippen molar-refractivity contribution < 1.29 is 18.0 Å². The van der Waals surface area contributed by atoms with Gasteiger partial charge in [0.1, 0.15) is 0 Å². The van der Waals surface area contributed by atoms with Crippen molar-refractivity contribution >= 4 is 21.7 Å². The Morgan fingerprint density at radius 1 is 0.889 bits per heavy atom. The molecule has 0 bridgehead atoms. The first kappa shape index (κ1) is 22.1. The molecule has 1 atom stereocenters. The van der Waals surface area contributed by atoms with Crippen LogP contribution in [0, 0.1) is 0 Å². The highest BCUT2D eigenvalue weighted by atomic mass is 32.2. The summed E-state index contributed by atoms with van der Waals surface area (Å²) in [4.78, 5) is 30.8. The van der Waals surface area contributed by atoms with Crippen molar-refractivity contribution in [2.75, 3.05) is 44.7 Å². The molecule has 2 amide bonds. The van der Waals surface area contributed by atoms with E-state index < -0.39 is 9.84 Å². The third kappa shape index (κ3) is 6.17. The largest absolute Gasteiger partial charge is 0.342 e. The van der Waals surface area contributed by atoms with Gasteiger partial charge in [-0.2, -0.15) is 0 Å². The normalized spacial score (nSPS) is 22.7. The predicted octanol–water partition coefficient (Wildman–Crippen LogP) is 1.14. The van der Waals surface area contributed by atoms with Gasteiger partial charge in [-0.1, -0.05) is 19.3 Å². The van der Waals surface area contributed by atoms with Crippen molar-refractivity contribution in [1.82, 2.24) is 14.7 Å². The zero-order chi connectivity index (χ0) is 20.0. The molecule has 8 heteroatoms. The smallest absolute Gasteiger partial charge is 0.237 e. The minimum absolute atomic E-state index is 0.0166. The van der Waals surface area contributed by atoms with E-state index in [-0.39, 0.29) is 48.5 Å². The maximum absolute atomic E-state index is 13.1. The molecule has 0 N–H and O–H groups in total. The Hall–Kier alpha value is -1.15. The zero-order valence-electron chi connectivity index (χ0n) is 17.0. The maximum Gasteiger partial charge on any atom is 0.237 e. The molecule has 1 saturated heterocycles. The quantitative estimate of drug-likeness (QED) is 0.609. The van der Waals surface area contributed by atoms with Crippen molar-refractivity contribution in [2.45, 2.75) is 64.5 Å². The molecule has 1 saturated carbocycles. The first-order chi connectivity index (χ1) is 12.8. The first-order valence-corrected chi connectivity index (χ1v) is 12.1. The lowest BCUT2D eigenvalue weighted by Crippen LogP contribution is -2.52. The van der Waals surface area contributed by atoms with Crippen LogP contribution in [0.1, 0.15) is 52.4 Å². The van der Waals surface area contributed by atoms with Gasteiger partial charge >= 0.3 is 0 Å². The molecule has 2 rings (SSSR count). The number of rotatable bonds is 8. The molecule has 2 fully saturated rings. The van der Waals surface area contributed by atoms with E-state index in [1.165, 1.54) is 6.42 Å². The van der Waals surface area contributed by atoms with Gasteiger partial charge in [0, 0.05) is 25.2 Å². The minimum atomic E-state index is -3.05. The van der Waals surface area contributed by atoms with Crippen molar-refractivity contribution in [3.63, 3.8) is 0 Å². The van der Waals surface area contributed by atoms with Crippen molar-refractivity contribution in [1.29, 1.82) is 0 Å². The molecule has 0 radical (unpaired) electrons. The average molecular weight is 402 g/mol. The van der Waals surface area contributed by atoms with Crippen LogP contribution in [-0.2, 0) is 19.4 Å². The lowest BCUT2D eigenvalue weighted by molar-refractivity contribution is -0.138. The van der Waals surface area contributed by atoms with Crippen LogP contribution in [0.5, 0.6) is 0 Å². The van der Waals surface area contributed by atoms with Crippen LogP contribution in [0.4, 0.5) is 0 Å². The van der Waals surface area contributed by atoms with Crippen molar-refractivity contribution in [3.8, 4) is 0 Å². The van der Waals surface area contributed by atoms with Gasteiger partial charge in [-0.15, -0.1) is 0 Å². The summed E-state index contributed by atoms with van der Waals surface area (Å²) in [6, 6.07) is -0.0751. The Kier molecular flexibility index (Phi) is 8.09. The number of nitrogens with zero attached hydrogens (tertiary/aromatic N) is 3. The maximum atomic E-state index is 13.1. The van der Waals surface area contributed by atoms with Crippen LogP contribution in [0.15, 0.2) is 0 Å². The Bertz CT molecular complexity index is 612. The second-order valence-corrected chi connectivity index (χ2v) is 10.1. The molecular formula is C19H35N3O4S. The molecule has 0 aromatic heterocycles. The number of carbonyl (C=O) groups excluding carboxylic acids is 2. The van der Waals surface area contributed by atoms with E-state index in [1.54, 1.807) is 16.8 Å². The van der Waals surface area contributed by atoms with E-state index in [9.17, 15) is 18.0 Å². The first-order valence-electron chi connectivity index (χ1n) is 10.2. The molecule has 1 unspecified atom stereocenters. The van der Waals surface area contributed by atoms with Crippen LogP contribution in [0.3, 0.4) is 0 Å². The lowest BCUT2D eigenvalue weighted by Gasteiger charge is -2.39. The topological polar surface area (TPSA) is 78.0 Å². The van der Waals surface area contributed by atoms with Gasteiger partial charge in [0.25, 0.3) is 0 Å². The number of hydrogen-bond donors (Lipinski definition) is 0. The van der Waals surface area contributed by atoms with E-state index in [2.05, 4.69) is 0 Å². The highest BCUT2D eigenvalue weighted by Gasteiger charge is 2.38. The van der Waals surface area contributed by atoms with E-state index in [1.807, 2.05) is 18.7 Å². The molecular weight excluding hydrogens is 366 g/mol. The number of sulfone groups is 1. The summed E-state index contributed by atoms with van der Waals surface area (Å²) < 4.78 is 23.9. The molecule has 0 aromatic rings. The minimum Gasteiger partial charge on any atom is -0.342 e. The average Bonchev–Trinajstić information content (AvgIpc) is 2.96. The fourth-order valence-electron chi connectivity index (χ4n) is 4.34. The SMILES string of the molecule is CCN(CC)C(=O)CN(C)CC(=O)N(C1CCCCC1)C1CCS(=O)(=O)C1. The molecule has 2 aliphatic rings. The van der Waals surface area contributed by atoms with E-state index in [4.69, 9.17) is 0 Å². The number of likely N-dealkylation sites (N-methyl/N-ethyl adjacent to an activating group) is 2. The van der Waals surface area contributed by atoms with Gasteiger partial charge in [0.15, 0.2) is 9.84 Å². The Morgan fingerprint density at radius 2 is 1.48 bits per heavy atom. The summed E-state index contributed by atoms with van der Waals surface area (Å²) in [6.45, 7) is 5.56. The molecule has 27 heavy (non-hydrogen) atoms. The van der Waals surface area contributed by atoms with Crippen LogP contribution in [0.2, 0.25) is 0 Å². The van der Waals surface area contributed by atoms with Crippen LogP contribution >= 0.6 is 0 Å². The monoisotopic (exact) mass is 401 g/mol. The highest BCUT2D eigenvalue weighted by Crippen LogP contribution is 2.28. The van der Waals surface area contributed by atoms with Gasteiger partial charge < -0.3 is 9.80 Å². The molecule has 1 aliphatic heterocycles. The Morgan fingerprint density at radius 3 is 2.00 bits per heavy atom. The van der Waals surface area contributed by atoms with Crippen molar-refractivity contribution in [3.05, 3.63) is 0 Å². The summed E-state index contributed by atoms with van der Waals surface area (Å²) in [5.74, 6) is 0.226. The van der Waals surface area contributed by atoms with Gasteiger partial charge in [0.2, 0.25) is 11.8 Å². The summed E-state index contributed by atoms with van der Waals surface area (Å²) in [6.07, 6.45) is 5.79. The van der Waals surface area contributed by atoms with Gasteiger partial charge in [-0.3, -0.25) is 14.5 Å². The number of hydrogen-bond acceptors (Lipinski definition) is 5. The van der Waals surface area contributed by atoms with E-state index in [0.717, 1.165) is 25.7 Å². The Balaban J connectivity index is 2.03. The molecule has 1 aliphatic carbocycles. The summed E-state index contributed by atoms with van der Waals surface area (Å²) in [5, 5.41) is 0. The zero-order valence-corrected chi connectivity index (χ0v) is 17.8. The van der Waals surface area contributed by atoms with Gasteiger partial charge in [-0.05, 0) is 40.2 Å². The summed E-state index contributed by atoms with van der Waals surface area (Å²) in [7, 11) is -1.26. The van der Waals surface area contributed by atoms with E-state index in [0.29, 0.717) is 19.5 Å². The standard InChI is InChI=1S/C19H35N3O4S/c1-4-21(5-2)18(23)13-20(3)14-19(24)22(16-9-7-6-8-10-16)17-11-12-27(25,26)15-17/h16-17H,4-15H2,1-3H3. The second-order valence-electron chi connectivity index (χ2n) is 7.89. The molecule has 156 valence electrons. The third-order valence-corrected chi connectivity index (χ3v) is 7.53. The van der Waals surface area contributed by atoms with Crippen molar-refractivity contribution in [2.24, 2.45) is 0 Å². The predicted molar refractivity (Wildman–Crippen MR) is 106 cm³/mol. The summed E-state index contributed by atoms with van der Waals surface area (Å²) in [5.41, 5.74) is 0. The summed E-state index contributed by atoms with van der Waals surface area (Å²) >= 11 is 0. The van der Waals surface area contributed by atoms with Crippen LogP contribution < -0.4 is 0 Å². The fraction of sp³-hybridized carbons (Fsp3) is 0.895. The number of amides is 2. The molecule has 7 nitrogen and oxygen atoms in total. The highest BCUT2D eigenvalue weighted by molar-refractivity contribution is 7.91. The molecule has 1 heterocycles. The number of carbonyl (C=O) groups is 2. The lowest BCUT2D eigenvalue weighted by atomic mass is 9.93. The van der Waals surface area contributed by atoms with Gasteiger partial charge in [0.05, 0.1) is 24.6 Å². The van der Waals surface area contributed by atoms with Crippen LogP contribution in [0.25, 0.3) is 0 Å². The fourth-order valence-corrected chi connectivity index (χ4v) is 6.05. The molecule has 0 spiro atoms. The van der Waals surface area contributed by atoms with Crippen LogP contribution in [-0.4, -0.2) is 91.7 Å². The van der Waals surface area contributed by atoms with Gasteiger partial charge in [-0.25, -0.2) is 8.42 Å². The second kappa shape index (κ2) is 9.87. The third-order valence-electron chi connectivity index (χ3n) is 5.78. The van der Waals surface area contributed by atoms with E-state index >= 15 is 0 Å². The Labute approximate surface area is 164 Å².